The van der Waals surface area contributed by atoms with E-state index in [-0.39, 0.29) is 11.8 Å². The third-order valence-electron chi connectivity index (χ3n) is 7.28. The molecule has 0 bridgehead atoms. The van der Waals surface area contributed by atoms with Crippen molar-refractivity contribution in [1.29, 1.82) is 0 Å². The van der Waals surface area contributed by atoms with Gasteiger partial charge in [-0.1, -0.05) is 42.5 Å². The molecule has 2 saturated heterocycles. The minimum absolute atomic E-state index is 0.0924. The number of hydrogen-bond donors (Lipinski definition) is 0. The Balaban J connectivity index is 1.36. The number of ether oxygens (including phenoxy) is 2. The summed E-state index contributed by atoms with van der Waals surface area (Å²) in [5, 5.41) is 0. The van der Waals surface area contributed by atoms with Crippen molar-refractivity contribution in [3.63, 3.8) is 0 Å². The molecule has 1 atom stereocenters. The lowest BCUT2D eigenvalue weighted by molar-refractivity contribution is -0.149. The number of aromatic nitrogens is 2. The summed E-state index contributed by atoms with van der Waals surface area (Å²) in [5.74, 6) is 1.62. The van der Waals surface area contributed by atoms with Crippen molar-refractivity contribution >= 4 is 5.91 Å². The highest BCUT2D eigenvalue weighted by molar-refractivity contribution is 5.83. The molecule has 0 radical (unpaired) electrons. The van der Waals surface area contributed by atoms with Crippen LogP contribution in [0.25, 0.3) is 0 Å². The second-order valence-corrected chi connectivity index (χ2v) is 9.81. The number of benzene rings is 2. The molecule has 3 heterocycles. The Morgan fingerprint density at radius 1 is 1.09 bits per heavy atom. The van der Waals surface area contributed by atoms with Crippen molar-refractivity contribution in [1.82, 2.24) is 14.9 Å². The monoisotopic (exact) mass is 471 g/mol. The Morgan fingerprint density at radius 3 is 2.69 bits per heavy atom. The zero-order valence-corrected chi connectivity index (χ0v) is 20.4. The van der Waals surface area contributed by atoms with Gasteiger partial charge in [0.05, 0.1) is 5.41 Å². The number of amides is 1. The second-order valence-electron chi connectivity index (χ2n) is 9.81. The van der Waals surface area contributed by atoms with Gasteiger partial charge in [0.15, 0.2) is 0 Å². The molecule has 1 amide bonds. The van der Waals surface area contributed by atoms with Gasteiger partial charge in [-0.25, -0.2) is 4.98 Å². The standard InChI is InChI=1S/C29H33N3O3/c1-22-7-5-11-25(19-22)35-27-26(30-14-15-31-27)24-10-6-16-32(21-24)28(33)29(12-17-34-18-13-29)20-23-8-3-2-4-9-23/h2-5,7-9,11,14-15,19,24H,6,10,12-13,16-18,20-21H2,1H3. The number of hydrogen-bond acceptors (Lipinski definition) is 5. The Kier molecular flexibility index (Phi) is 7.09. The first-order chi connectivity index (χ1) is 17.1. The highest BCUT2D eigenvalue weighted by atomic mass is 16.5. The SMILES string of the molecule is Cc1cccc(Oc2nccnc2C2CCCN(C(=O)C3(Cc4ccccc4)CCOCC3)C2)c1. The maximum Gasteiger partial charge on any atom is 0.241 e. The van der Waals surface area contributed by atoms with Crippen molar-refractivity contribution in [2.24, 2.45) is 5.41 Å². The van der Waals surface area contributed by atoms with Crippen molar-refractivity contribution in [2.75, 3.05) is 26.3 Å². The summed E-state index contributed by atoms with van der Waals surface area (Å²) in [5.41, 5.74) is 2.75. The van der Waals surface area contributed by atoms with Gasteiger partial charge in [0.25, 0.3) is 0 Å². The van der Waals surface area contributed by atoms with Gasteiger partial charge in [0.1, 0.15) is 11.4 Å². The van der Waals surface area contributed by atoms with E-state index in [9.17, 15) is 4.79 Å². The van der Waals surface area contributed by atoms with E-state index in [4.69, 9.17) is 9.47 Å². The van der Waals surface area contributed by atoms with Gasteiger partial charge in [-0.15, -0.1) is 0 Å². The van der Waals surface area contributed by atoms with Crippen LogP contribution < -0.4 is 4.74 Å². The zero-order chi connectivity index (χ0) is 24.1. The Bertz CT molecular complexity index is 1140. The van der Waals surface area contributed by atoms with E-state index in [0.717, 1.165) is 55.7 Å². The maximum atomic E-state index is 14.1. The number of aryl methyl sites for hydroxylation is 1. The number of carbonyl (C=O) groups excluding carboxylic acids is 1. The van der Waals surface area contributed by atoms with E-state index in [1.54, 1.807) is 12.4 Å². The summed E-state index contributed by atoms with van der Waals surface area (Å²) in [6, 6.07) is 18.3. The molecule has 2 aliphatic rings. The predicted octanol–water partition coefficient (Wildman–Crippen LogP) is 5.32. The fourth-order valence-corrected chi connectivity index (χ4v) is 5.42. The second kappa shape index (κ2) is 10.6. The Labute approximate surface area is 207 Å². The summed E-state index contributed by atoms with van der Waals surface area (Å²) < 4.78 is 11.8. The fraction of sp³-hybridized carbons (Fsp3) is 0.414. The van der Waals surface area contributed by atoms with E-state index in [0.29, 0.717) is 25.6 Å². The molecule has 3 aromatic rings. The number of rotatable bonds is 6. The minimum atomic E-state index is -0.412. The van der Waals surface area contributed by atoms with Crippen LogP contribution in [0.4, 0.5) is 0 Å². The van der Waals surface area contributed by atoms with Crippen LogP contribution in [-0.2, 0) is 16.0 Å². The van der Waals surface area contributed by atoms with Crippen LogP contribution in [0, 0.1) is 12.3 Å². The highest BCUT2D eigenvalue weighted by Crippen LogP contribution is 2.39. The molecule has 2 aliphatic heterocycles. The Morgan fingerprint density at radius 2 is 1.89 bits per heavy atom. The van der Waals surface area contributed by atoms with E-state index in [2.05, 4.69) is 27.0 Å². The van der Waals surface area contributed by atoms with Crippen LogP contribution in [0.15, 0.2) is 67.0 Å². The molecular weight excluding hydrogens is 438 g/mol. The fourth-order valence-electron chi connectivity index (χ4n) is 5.42. The first-order valence-electron chi connectivity index (χ1n) is 12.6. The van der Waals surface area contributed by atoms with Gasteiger partial charge in [-0.2, -0.15) is 0 Å². The first-order valence-corrected chi connectivity index (χ1v) is 12.6. The van der Waals surface area contributed by atoms with Crippen LogP contribution in [-0.4, -0.2) is 47.1 Å². The smallest absolute Gasteiger partial charge is 0.241 e. The van der Waals surface area contributed by atoms with Gasteiger partial charge >= 0.3 is 0 Å². The third-order valence-corrected chi connectivity index (χ3v) is 7.28. The lowest BCUT2D eigenvalue weighted by Gasteiger charge is -2.42. The van der Waals surface area contributed by atoms with Crippen molar-refractivity contribution in [3.05, 3.63) is 83.8 Å². The Hall–Kier alpha value is -3.25. The molecule has 35 heavy (non-hydrogen) atoms. The average molecular weight is 472 g/mol. The zero-order valence-electron chi connectivity index (χ0n) is 20.4. The molecule has 182 valence electrons. The molecule has 1 aromatic heterocycles. The summed E-state index contributed by atoms with van der Waals surface area (Å²) in [7, 11) is 0. The number of piperidine rings is 1. The summed E-state index contributed by atoms with van der Waals surface area (Å²) in [4.78, 5) is 25.3. The molecule has 6 nitrogen and oxygen atoms in total. The quantitative estimate of drug-likeness (QED) is 0.487. The van der Waals surface area contributed by atoms with E-state index >= 15 is 0 Å². The minimum Gasteiger partial charge on any atom is -0.437 e. The summed E-state index contributed by atoms with van der Waals surface area (Å²) in [6.45, 7) is 4.72. The molecule has 0 N–H and O–H groups in total. The number of carbonyl (C=O) groups is 1. The molecule has 1 unspecified atom stereocenters. The van der Waals surface area contributed by atoms with Crippen molar-refractivity contribution in [2.45, 2.75) is 44.9 Å². The van der Waals surface area contributed by atoms with Crippen LogP contribution in [0.2, 0.25) is 0 Å². The molecule has 5 rings (SSSR count). The molecule has 2 fully saturated rings. The average Bonchev–Trinajstić information content (AvgIpc) is 2.90. The molecule has 0 aliphatic carbocycles. The molecule has 6 heteroatoms. The van der Waals surface area contributed by atoms with Gasteiger partial charge in [-0.05, 0) is 62.3 Å². The lowest BCUT2D eigenvalue weighted by atomic mass is 9.73. The van der Waals surface area contributed by atoms with Gasteiger partial charge in [0, 0.05) is 44.6 Å². The van der Waals surface area contributed by atoms with Gasteiger partial charge in [0.2, 0.25) is 11.8 Å². The third kappa shape index (κ3) is 5.38. The normalized spacial score (nSPS) is 19.8. The first kappa shape index (κ1) is 23.5. The predicted molar refractivity (Wildman–Crippen MR) is 134 cm³/mol. The maximum absolute atomic E-state index is 14.1. The number of nitrogens with zero attached hydrogens (tertiary/aromatic N) is 3. The van der Waals surface area contributed by atoms with E-state index in [1.807, 2.05) is 49.4 Å². The molecule has 2 aromatic carbocycles. The lowest BCUT2D eigenvalue weighted by Crippen LogP contribution is -2.51. The van der Waals surface area contributed by atoms with Crippen LogP contribution in [0.5, 0.6) is 11.6 Å². The van der Waals surface area contributed by atoms with Gasteiger partial charge < -0.3 is 14.4 Å². The van der Waals surface area contributed by atoms with Crippen LogP contribution >= 0.6 is 0 Å². The summed E-state index contributed by atoms with van der Waals surface area (Å²) in [6.07, 6.45) is 7.55. The molecular formula is C29H33N3O3. The van der Waals surface area contributed by atoms with E-state index in [1.165, 1.54) is 5.56 Å². The van der Waals surface area contributed by atoms with Gasteiger partial charge in [-0.3, -0.25) is 9.78 Å². The molecule has 0 saturated carbocycles. The highest BCUT2D eigenvalue weighted by Gasteiger charge is 2.44. The van der Waals surface area contributed by atoms with Crippen LogP contribution in [0.1, 0.15) is 48.4 Å². The largest absolute Gasteiger partial charge is 0.437 e. The van der Waals surface area contributed by atoms with Crippen molar-refractivity contribution < 1.29 is 14.3 Å². The molecule has 0 spiro atoms. The number of likely N-dealkylation sites (tertiary alicyclic amines) is 1. The van der Waals surface area contributed by atoms with E-state index < -0.39 is 5.41 Å². The topological polar surface area (TPSA) is 64.6 Å². The van der Waals surface area contributed by atoms with Crippen LogP contribution in [0.3, 0.4) is 0 Å². The van der Waals surface area contributed by atoms with Crippen molar-refractivity contribution in [3.8, 4) is 11.6 Å². The summed E-state index contributed by atoms with van der Waals surface area (Å²) >= 11 is 0.